The van der Waals surface area contributed by atoms with Crippen molar-refractivity contribution in [1.29, 1.82) is 10.5 Å². The molecule has 292 valence electrons. The van der Waals surface area contributed by atoms with Gasteiger partial charge in [0.2, 0.25) is 0 Å². The Kier molecular flexibility index (Phi) is 12.4. The highest BCUT2D eigenvalue weighted by Gasteiger charge is 2.29. The molecule has 10 nitrogen and oxygen atoms in total. The van der Waals surface area contributed by atoms with Gasteiger partial charge in [0.15, 0.2) is 0 Å². The second kappa shape index (κ2) is 17.6. The molecule has 14 heteroatoms. The molecule has 1 unspecified atom stereocenters. The number of nitrogens with one attached hydrogen (secondary N) is 2. The minimum atomic E-state index is -0.532. The van der Waals surface area contributed by atoms with Crippen molar-refractivity contribution in [3.63, 3.8) is 0 Å². The molecular formula is C44H38Cl2FIN10. The van der Waals surface area contributed by atoms with Crippen LogP contribution in [-0.4, -0.2) is 48.5 Å². The molecule has 0 saturated carbocycles. The Morgan fingerprint density at radius 2 is 1.66 bits per heavy atom. The number of piperidine rings is 1. The molecular weight excluding hydrogens is 885 g/mol. The molecule has 0 bridgehead atoms. The number of hydrogen-bond acceptors (Lipinski definition) is 9. The number of rotatable bonds is 7. The fraction of sp³-hybridized carbons (Fsp3) is 0.227. The Labute approximate surface area is 359 Å². The zero-order valence-corrected chi connectivity index (χ0v) is 35.6. The lowest BCUT2D eigenvalue weighted by atomic mass is 9.98. The summed E-state index contributed by atoms with van der Waals surface area (Å²) in [6.45, 7) is 8.79. The summed E-state index contributed by atoms with van der Waals surface area (Å²) >= 11 is 15.2. The first-order chi connectivity index (χ1) is 27.9. The molecule has 1 aliphatic rings. The van der Waals surface area contributed by atoms with Gasteiger partial charge >= 0.3 is 0 Å². The van der Waals surface area contributed by atoms with Crippen molar-refractivity contribution in [3.8, 4) is 12.1 Å². The normalized spacial score (nSPS) is 13.9. The largest absolute Gasteiger partial charge is 0.373 e. The molecule has 4 heterocycles. The lowest BCUT2D eigenvalue weighted by molar-refractivity contribution is 0.0866. The standard InChI is InChI=1S/C34H32Cl2FIN8.C10H6N2/c1-34(2,3)45-11-9-25(10-12-45)46-19-30(43-44-46)32(20-5-4-6-22(38)13-20)42-24-14-26-31(41-23-7-8-29(37)27(35)15-23)21(17-39)18-40-33(26)28(36)16-24;11-6-8-5-9-3-1-2-4-10(9)12-7-8/h4-8,13-16,18-19,25,32,42H,9-12H2,1-3H3,(H,40,41);1-5,7H. The van der Waals surface area contributed by atoms with Crippen molar-refractivity contribution in [2.75, 3.05) is 23.7 Å². The summed E-state index contributed by atoms with van der Waals surface area (Å²) < 4.78 is 17.0. The molecule has 2 N–H and O–H groups in total. The number of likely N-dealkylation sites (tertiary alicyclic amines) is 1. The van der Waals surface area contributed by atoms with Crippen molar-refractivity contribution in [2.45, 2.75) is 51.2 Å². The van der Waals surface area contributed by atoms with Crippen molar-refractivity contribution < 1.29 is 4.39 Å². The number of benzene rings is 4. The second-order valence-corrected chi connectivity index (χ2v) is 17.0. The third-order valence-corrected chi connectivity index (χ3v) is 11.3. The number of fused-ring (bicyclic) bond motifs is 2. The first kappa shape index (κ1) is 40.8. The number of para-hydroxylation sites is 1. The van der Waals surface area contributed by atoms with E-state index >= 15 is 0 Å². The van der Waals surface area contributed by atoms with Gasteiger partial charge in [-0.1, -0.05) is 58.7 Å². The van der Waals surface area contributed by atoms with Crippen LogP contribution in [0, 0.1) is 32.0 Å². The zero-order valence-electron chi connectivity index (χ0n) is 31.9. The van der Waals surface area contributed by atoms with Gasteiger partial charge in [0, 0.05) is 56.7 Å². The molecule has 1 fully saturated rings. The molecule has 7 aromatic rings. The Balaban J connectivity index is 0.000000363. The highest BCUT2D eigenvalue weighted by Crippen LogP contribution is 2.38. The van der Waals surface area contributed by atoms with Gasteiger partial charge in [0.05, 0.1) is 56.2 Å². The number of aromatic nitrogens is 5. The predicted octanol–water partition coefficient (Wildman–Crippen LogP) is 11.2. The van der Waals surface area contributed by atoms with Gasteiger partial charge in [-0.05, 0) is 116 Å². The van der Waals surface area contributed by atoms with Crippen LogP contribution >= 0.6 is 45.8 Å². The van der Waals surface area contributed by atoms with Gasteiger partial charge in [0.25, 0.3) is 0 Å². The summed E-state index contributed by atoms with van der Waals surface area (Å²) in [4.78, 5) is 11.1. The number of hydrogen-bond donors (Lipinski definition) is 2. The first-order valence-electron chi connectivity index (χ1n) is 18.6. The molecule has 0 amide bonds. The zero-order chi connectivity index (χ0) is 41.0. The van der Waals surface area contributed by atoms with E-state index in [1.165, 1.54) is 18.3 Å². The maximum absolute atomic E-state index is 13.9. The Morgan fingerprint density at radius 1 is 0.879 bits per heavy atom. The maximum atomic E-state index is 13.9. The summed E-state index contributed by atoms with van der Waals surface area (Å²) in [5.74, 6) is -0.532. The molecule has 0 aliphatic carbocycles. The van der Waals surface area contributed by atoms with Gasteiger partial charge in [-0.2, -0.15) is 10.5 Å². The van der Waals surface area contributed by atoms with Crippen LogP contribution in [0.3, 0.4) is 0 Å². The fourth-order valence-corrected chi connectivity index (χ4v) is 8.01. The van der Waals surface area contributed by atoms with E-state index < -0.39 is 5.82 Å². The van der Waals surface area contributed by atoms with E-state index in [2.05, 4.69) is 103 Å². The molecule has 1 atom stereocenters. The van der Waals surface area contributed by atoms with E-state index in [9.17, 15) is 9.65 Å². The fourth-order valence-electron chi connectivity index (χ4n) is 7.00. The number of pyridine rings is 2. The Hall–Kier alpha value is -5.38. The van der Waals surface area contributed by atoms with E-state index in [1.807, 2.05) is 65.5 Å². The van der Waals surface area contributed by atoms with E-state index in [1.54, 1.807) is 12.3 Å². The van der Waals surface area contributed by atoms with Gasteiger partial charge in [-0.15, -0.1) is 5.10 Å². The van der Waals surface area contributed by atoms with Crippen LogP contribution in [-0.2, 0) is 0 Å². The minimum Gasteiger partial charge on any atom is -0.373 e. The van der Waals surface area contributed by atoms with Crippen molar-refractivity contribution in [2.24, 2.45) is 0 Å². The van der Waals surface area contributed by atoms with Gasteiger partial charge < -0.3 is 10.6 Å². The number of anilines is 3. The lowest BCUT2D eigenvalue weighted by Gasteiger charge is -2.40. The molecule has 8 rings (SSSR count). The lowest BCUT2D eigenvalue weighted by Crippen LogP contribution is -2.46. The van der Waals surface area contributed by atoms with E-state index in [0.717, 1.165) is 51.7 Å². The summed E-state index contributed by atoms with van der Waals surface area (Å²) in [6.07, 6.45) is 7.10. The van der Waals surface area contributed by atoms with Crippen molar-refractivity contribution >= 4 is 84.7 Å². The summed E-state index contributed by atoms with van der Waals surface area (Å²) in [5, 5.41) is 36.7. The summed E-state index contributed by atoms with van der Waals surface area (Å²) in [6, 6.07) is 30.0. The Morgan fingerprint density at radius 3 is 2.38 bits per heavy atom. The third kappa shape index (κ3) is 9.32. The quantitative estimate of drug-likeness (QED) is 0.150. The number of nitriles is 2. The van der Waals surface area contributed by atoms with Gasteiger partial charge in [0.1, 0.15) is 23.6 Å². The molecule has 1 aliphatic heterocycles. The van der Waals surface area contributed by atoms with Gasteiger partial charge in [-0.3, -0.25) is 14.9 Å². The third-order valence-electron chi connectivity index (χ3n) is 10.1. The highest BCUT2D eigenvalue weighted by atomic mass is 127. The maximum Gasteiger partial charge on any atom is 0.141 e. The molecule has 4 aromatic carbocycles. The van der Waals surface area contributed by atoms with Crippen LogP contribution < -0.4 is 10.6 Å². The molecule has 3 aromatic heterocycles. The molecule has 0 spiro atoms. The minimum absolute atomic E-state index is 0.0320. The molecule has 58 heavy (non-hydrogen) atoms. The van der Waals surface area contributed by atoms with E-state index in [-0.39, 0.29) is 22.6 Å². The molecule has 1 saturated heterocycles. The van der Waals surface area contributed by atoms with Crippen molar-refractivity contribution in [1.82, 2.24) is 29.9 Å². The predicted molar refractivity (Wildman–Crippen MR) is 237 cm³/mol. The van der Waals surface area contributed by atoms with Crippen LogP contribution in [0.4, 0.5) is 21.5 Å². The topological polar surface area (TPSA) is 131 Å². The highest BCUT2D eigenvalue weighted by molar-refractivity contribution is 14.1. The first-order valence-corrected chi connectivity index (χ1v) is 20.4. The smallest absolute Gasteiger partial charge is 0.141 e. The number of halogens is 4. The average molecular weight is 924 g/mol. The van der Waals surface area contributed by atoms with Crippen LogP contribution in [0.25, 0.3) is 21.8 Å². The van der Waals surface area contributed by atoms with E-state index in [4.69, 9.17) is 28.5 Å². The second-order valence-electron chi connectivity index (χ2n) is 14.9. The average Bonchev–Trinajstić information content (AvgIpc) is 3.71. The SMILES string of the molecule is CC(C)(C)N1CCC(n2cc(C(Nc3cc(Cl)c4ncc(C#N)c(Nc5ccc(F)c(Cl)c5)c4c3)c3cccc(I)c3)nn2)CC1.N#Cc1cnc2ccccc2c1. The van der Waals surface area contributed by atoms with Crippen LogP contribution in [0.1, 0.15) is 68.1 Å². The van der Waals surface area contributed by atoms with Crippen LogP contribution in [0.2, 0.25) is 10.0 Å². The van der Waals surface area contributed by atoms with Crippen LogP contribution in [0.5, 0.6) is 0 Å². The van der Waals surface area contributed by atoms with Gasteiger partial charge in [-0.25, -0.2) is 9.07 Å². The summed E-state index contributed by atoms with van der Waals surface area (Å²) in [5.41, 5.74) is 5.99. The Bertz CT molecular complexity index is 2690. The van der Waals surface area contributed by atoms with E-state index in [0.29, 0.717) is 44.1 Å². The summed E-state index contributed by atoms with van der Waals surface area (Å²) in [7, 11) is 0. The number of nitrogens with zero attached hydrogens (tertiary/aromatic N) is 8. The monoisotopic (exact) mass is 922 g/mol. The van der Waals surface area contributed by atoms with Crippen molar-refractivity contribution in [3.05, 3.63) is 145 Å². The van der Waals surface area contributed by atoms with Crippen LogP contribution in [0.15, 0.2) is 104 Å². The molecule has 0 radical (unpaired) electrons.